The Kier molecular flexibility index (Phi) is 5.51. The number of nitro benzene ring substituents is 1. The molecule has 0 radical (unpaired) electrons. The van der Waals surface area contributed by atoms with E-state index in [4.69, 9.17) is 18.0 Å². The lowest BCUT2D eigenvalue weighted by Crippen LogP contribution is -2.25. The Morgan fingerprint density at radius 2 is 2.15 bits per heavy atom. The number of unbranched alkanes of at least 4 members (excludes halogenated alkanes) is 1. The van der Waals surface area contributed by atoms with E-state index in [-0.39, 0.29) is 16.5 Å². The molecule has 1 aromatic rings. The van der Waals surface area contributed by atoms with Crippen LogP contribution in [-0.2, 0) is 10.0 Å². The van der Waals surface area contributed by atoms with Crippen molar-refractivity contribution in [1.82, 2.24) is 4.72 Å². The average molecular weight is 317 g/mol. The molecule has 0 saturated carbocycles. The van der Waals surface area contributed by atoms with Crippen LogP contribution in [-0.4, -0.2) is 19.9 Å². The third-order valence-electron chi connectivity index (χ3n) is 2.52. The Balaban J connectivity index is 3.09. The topological polar surface area (TPSA) is 89.3 Å². The van der Waals surface area contributed by atoms with E-state index in [9.17, 15) is 18.5 Å². The number of nitrogens with zero attached hydrogens (tertiary/aromatic N) is 1. The van der Waals surface area contributed by atoms with Gasteiger partial charge in [-0.2, -0.15) is 0 Å². The fourth-order valence-corrected chi connectivity index (χ4v) is 3.15. The van der Waals surface area contributed by atoms with Crippen LogP contribution in [0.3, 0.4) is 0 Å². The molecule has 0 aliphatic carbocycles. The van der Waals surface area contributed by atoms with Crippen LogP contribution in [0, 0.1) is 29.4 Å². The number of aryl methyl sites for hydroxylation is 1. The minimum absolute atomic E-state index is 0.0984. The molecule has 1 aromatic carbocycles. The molecular formula is C12H13ClN2O4S. The van der Waals surface area contributed by atoms with Gasteiger partial charge in [0.25, 0.3) is 5.69 Å². The number of terminal acetylenes is 1. The van der Waals surface area contributed by atoms with Gasteiger partial charge in [0, 0.05) is 19.0 Å². The quantitative estimate of drug-likeness (QED) is 0.377. The standard InChI is InChI=1S/C12H13ClN2O4S/c1-3-4-5-6-14-20(18,19)12-8-11(15(16)17)10(13)7-9(12)2/h1,7-8,14H,4-6H2,2H3. The lowest BCUT2D eigenvalue weighted by atomic mass is 10.2. The van der Waals surface area contributed by atoms with Gasteiger partial charge in [-0.1, -0.05) is 11.6 Å². The second-order valence-corrected chi connectivity index (χ2v) is 6.17. The summed E-state index contributed by atoms with van der Waals surface area (Å²) in [7, 11) is -3.83. The van der Waals surface area contributed by atoms with E-state index in [0.29, 0.717) is 18.4 Å². The molecule has 1 rings (SSSR count). The monoisotopic (exact) mass is 316 g/mol. The fraction of sp³-hybridized carbons (Fsp3) is 0.333. The number of nitro groups is 1. The van der Waals surface area contributed by atoms with Gasteiger partial charge in [0.1, 0.15) is 5.02 Å². The number of hydrogen-bond donors (Lipinski definition) is 1. The van der Waals surface area contributed by atoms with Gasteiger partial charge in [0.05, 0.1) is 9.82 Å². The number of sulfonamides is 1. The predicted molar refractivity (Wildman–Crippen MR) is 76.1 cm³/mol. The molecule has 0 fully saturated rings. The summed E-state index contributed by atoms with van der Waals surface area (Å²) < 4.78 is 26.5. The summed E-state index contributed by atoms with van der Waals surface area (Å²) in [5.41, 5.74) is -0.105. The van der Waals surface area contributed by atoms with Gasteiger partial charge in [-0.25, -0.2) is 13.1 Å². The highest BCUT2D eigenvalue weighted by Crippen LogP contribution is 2.29. The molecule has 0 aromatic heterocycles. The van der Waals surface area contributed by atoms with Crippen molar-refractivity contribution in [3.63, 3.8) is 0 Å². The van der Waals surface area contributed by atoms with E-state index in [0.717, 1.165) is 6.07 Å². The van der Waals surface area contributed by atoms with Crippen LogP contribution in [0.2, 0.25) is 5.02 Å². The van der Waals surface area contributed by atoms with Crippen LogP contribution >= 0.6 is 11.6 Å². The third-order valence-corrected chi connectivity index (χ3v) is 4.43. The molecule has 6 nitrogen and oxygen atoms in total. The molecule has 0 amide bonds. The lowest BCUT2D eigenvalue weighted by Gasteiger charge is -2.09. The van der Waals surface area contributed by atoms with Crippen molar-refractivity contribution in [2.24, 2.45) is 0 Å². The molecule has 0 saturated heterocycles. The Labute approximate surface area is 122 Å². The Morgan fingerprint density at radius 3 is 2.70 bits per heavy atom. The fourth-order valence-electron chi connectivity index (χ4n) is 1.55. The third kappa shape index (κ3) is 3.93. The molecule has 0 aliphatic rings. The van der Waals surface area contributed by atoms with Gasteiger partial charge in [-0.05, 0) is 25.0 Å². The summed E-state index contributed by atoms with van der Waals surface area (Å²) in [5, 5.41) is 10.7. The first-order chi connectivity index (χ1) is 9.29. The van der Waals surface area contributed by atoms with Crippen LogP contribution in [0.4, 0.5) is 5.69 Å². The van der Waals surface area contributed by atoms with E-state index in [1.807, 2.05) is 0 Å². The first kappa shape index (κ1) is 16.4. The predicted octanol–water partition coefficient (Wildman–Crippen LogP) is 2.25. The van der Waals surface area contributed by atoms with E-state index in [2.05, 4.69) is 10.6 Å². The van der Waals surface area contributed by atoms with Crippen molar-refractivity contribution in [3.05, 3.63) is 32.8 Å². The maximum Gasteiger partial charge on any atom is 0.289 e. The molecule has 108 valence electrons. The van der Waals surface area contributed by atoms with E-state index in [1.54, 1.807) is 0 Å². The summed E-state index contributed by atoms with van der Waals surface area (Å²) >= 11 is 5.71. The van der Waals surface area contributed by atoms with Crippen molar-refractivity contribution in [2.75, 3.05) is 6.54 Å². The SMILES string of the molecule is C#CCCCNS(=O)(=O)c1cc([N+](=O)[O-])c(Cl)cc1C. The average Bonchev–Trinajstić information content (AvgIpc) is 2.33. The Hall–Kier alpha value is -1.62. The smallest absolute Gasteiger partial charge is 0.258 e. The van der Waals surface area contributed by atoms with Crippen molar-refractivity contribution < 1.29 is 13.3 Å². The zero-order valence-electron chi connectivity index (χ0n) is 10.7. The molecule has 8 heteroatoms. The molecule has 0 aliphatic heterocycles. The number of benzene rings is 1. The summed E-state index contributed by atoms with van der Waals surface area (Å²) in [4.78, 5) is 9.91. The number of hydrogen-bond acceptors (Lipinski definition) is 4. The summed E-state index contributed by atoms with van der Waals surface area (Å²) in [6.07, 6.45) is 6.00. The molecular weight excluding hydrogens is 304 g/mol. The molecule has 0 spiro atoms. The normalized spacial score (nSPS) is 11.1. The van der Waals surface area contributed by atoms with E-state index >= 15 is 0 Å². The zero-order chi connectivity index (χ0) is 15.3. The lowest BCUT2D eigenvalue weighted by molar-refractivity contribution is -0.384. The Morgan fingerprint density at radius 1 is 1.50 bits per heavy atom. The highest BCUT2D eigenvalue weighted by molar-refractivity contribution is 7.89. The van der Waals surface area contributed by atoms with Crippen molar-refractivity contribution in [1.29, 1.82) is 0 Å². The van der Waals surface area contributed by atoms with Gasteiger partial charge >= 0.3 is 0 Å². The molecule has 1 N–H and O–H groups in total. The van der Waals surface area contributed by atoms with Gasteiger partial charge in [0.2, 0.25) is 10.0 Å². The number of halogens is 1. The van der Waals surface area contributed by atoms with E-state index in [1.165, 1.54) is 13.0 Å². The molecule has 0 bridgehead atoms. The maximum atomic E-state index is 12.1. The van der Waals surface area contributed by atoms with Crippen LogP contribution in [0.15, 0.2) is 17.0 Å². The minimum atomic E-state index is -3.83. The largest absolute Gasteiger partial charge is 0.289 e. The highest BCUT2D eigenvalue weighted by Gasteiger charge is 2.23. The summed E-state index contributed by atoms with van der Waals surface area (Å²) in [5.74, 6) is 2.40. The Bertz CT molecular complexity index is 665. The number of nitrogens with one attached hydrogen (secondary N) is 1. The van der Waals surface area contributed by atoms with Crippen molar-refractivity contribution in [2.45, 2.75) is 24.7 Å². The van der Waals surface area contributed by atoms with Gasteiger partial charge in [0.15, 0.2) is 0 Å². The molecule has 0 heterocycles. The van der Waals surface area contributed by atoms with Crippen molar-refractivity contribution in [3.8, 4) is 12.3 Å². The molecule has 20 heavy (non-hydrogen) atoms. The zero-order valence-corrected chi connectivity index (χ0v) is 12.3. The van der Waals surface area contributed by atoms with Gasteiger partial charge in [-0.3, -0.25) is 10.1 Å². The van der Waals surface area contributed by atoms with Crippen LogP contribution in [0.1, 0.15) is 18.4 Å². The first-order valence-corrected chi connectivity index (χ1v) is 7.53. The van der Waals surface area contributed by atoms with Crippen LogP contribution in [0.5, 0.6) is 0 Å². The van der Waals surface area contributed by atoms with Crippen molar-refractivity contribution >= 4 is 27.3 Å². The number of rotatable bonds is 6. The van der Waals surface area contributed by atoms with E-state index < -0.39 is 20.6 Å². The van der Waals surface area contributed by atoms with Gasteiger partial charge in [-0.15, -0.1) is 12.3 Å². The van der Waals surface area contributed by atoms with Crippen LogP contribution in [0.25, 0.3) is 0 Å². The maximum absolute atomic E-state index is 12.1. The summed E-state index contributed by atoms with van der Waals surface area (Å²) in [6, 6.07) is 2.22. The highest BCUT2D eigenvalue weighted by atomic mass is 35.5. The van der Waals surface area contributed by atoms with Gasteiger partial charge < -0.3 is 0 Å². The summed E-state index contributed by atoms with van der Waals surface area (Å²) in [6.45, 7) is 1.69. The second kappa shape index (κ2) is 6.70. The molecule has 0 unspecified atom stereocenters. The second-order valence-electron chi connectivity index (χ2n) is 4.03. The molecule has 0 atom stereocenters. The van der Waals surface area contributed by atoms with Crippen LogP contribution < -0.4 is 4.72 Å². The first-order valence-electron chi connectivity index (χ1n) is 5.67. The minimum Gasteiger partial charge on any atom is -0.258 e.